The Morgan fingerprint density at radius 3 is 2.57 bits per heavy atom. The maximum Gasteiger partial charge on any atom is 0.315 e. The van der Waals surface area contributed by atoms with Crippen LogP contribution in [0.5, 0.6) is 0 Å². The number of nitrogens with zero attached hydrogens (tertiary/aromatic N) is 1. The second kappa shape index (κ2) is 8.91. The van der Waals surface area contributed by atoms with Crippen molar-refractivity contribution in [2.75, 3.05) is 6.54 Å². The molecule has 0 bridgehead atoms. The van der Waals surface area contributed by atoms with E-state index in [0.29, 0.717) is 18.9 Å². The molecule has 1 atom stereocenters. The van der Waals surface area contributed by atoms with Gasteiger partial charge >= 0.3 is 6.03 Å². The summed E-state index contributed by atoms with van der Waals surface area (Å²) in [5.41, 5.74) is 3.19. The third-order valence-corrected chi connectivity index (χ3v) is 5.65. The third kappa shape index (κ3) is 4.53. The van der Waals surface area contributed by atoms with Crippen LogP contribution in [0.4, 0.5) is 4.79 Å². The van der Waals surface area contributed by atoms with Crippen molar-refractivity contribution in [3.05, 3.63) is 66.0 Å². The Morgan fingerprint density at radius 1 is 1.04 bits per heavy atom. The predicted octanol–water partition coefficient (Wildman–Crippen LogP) is 4.73. The minimum absolute atomic E-state index is 0.0766. The number of aromatic amines is 1. The number of urea groups is 1. The lowest BCUT2D eigenvalue weighted by Crippen LogP contribution is -2.41. The molecule has 0 radical (unpaired) electrons. The van der Waals surface area contributed by atoms with E-state index in [-0.39, 0.29) is 12.1 Å². The fourth-order valence-electron chi connectivity index (χ4n) is 4.21. The number of hydrogen-bond donors (Lipinski definition) is 3. The standard InChI is InChI=1S/C23H28N4O/c28-23(24-16-15-21-25-19-13-7-8-14-20(19)26-21)27-22(17-9-3-1-4-10-17)18-11-5-2-6-12-18/h1,3-4,7-10,13-14,18,22H,2,5-6,11-12,15-16H2,(H,25,26)(H2,24,27,28). The van der Waals surface area contributed by atoms with Crippen molar-refractivity contribution in [3.63, 3.8) is 0 Å². The van der Waals surface area contributed by atoms with E-state index in [2.05, 4.69) is 32.7 Å². The molecule has 1 unspecified atom stereocenters. The molecule has 1 saturated carbocycles. The Kier molecular flexibility index (Phi) is 5.90. The molecular weight excluding hydrogens is 348 g/mol. The number of imidazole rings is 1. The molecular formula is C23H28N4O. The number of para-hydroxylation sites is 2. The van der Waals surface area contributed by atoms with Gasteiger partial charge in [0.25, 0.3) is 0 Å². The molecule has 0 spiro atoms. The van der Waals surface area contributed by atoms with Gasteiger partial charge in [-0.15, -0.1) is 0 Å². The van der Waals surface area contributed by atoms with Crippen LogP contribution in [-0.2, 0) is 6.42 Å². The number of benzene rings is 2. The van der Waals surface area contributed by atoms with Crippen LogP contribution in [0.1, 0.15) is 49.5 Å². The Hall–Kier alpha value is -2.82. The van der Waals surface area contributed by atoms with Gasteiger partial charge in [-0.1, -0.05) is 61.7 Å². The molecule has 1 aromatic heterocycles. The van der Waals surface area contributed by atoms with Crippen LogP contribution >= 0.6 is 0 Å². The van der Waals surface area contributed by atoms with Crippen LogP contribution in [-0.4, -0.2) is 22.5 Å². The molecule has 1 aliphatic carbocycles. The van der Waals surface area contributed by atoms with Crippen LogP contribution in [0.2, 0.25) is 0 Å². The topological polar surface area (TPSA) is 69.8 Å². The molecule has 5 heteroatoms. The predicted molar refractivity (Wildman–Crippen MR) is 112 cm³/mol. The van der Waals surface area contributed by atoms with E-state index in [9.17, 15) is 4.79 Å². The van der Waals surface area contributed by atoms with Gasteiger partial charge in [-0.3, -0.25) is 0 Å². The SMILES string of the molecule is O=C(NCCc1nc2ccccc2[nH]1)NC(c1ccccc1)C1CCCCC1. The molecule has 3 aromatic rings. The Bertz CT molecular complexity index is 866. The summed E-state index contributed by atoms with van der Waals surface area (Å²) in [6.45, 7) is 0.553. The van der Waals surface area contributed by atoms with Crippen LogP contribution in [0.15, 0.2) is 54.6 Å². The van der Waals surface area contributed by atoms with E-state index in [1.54, 1.807) is 0 Å². The highest BCUT2D eigenvalue weighted by Gasteiger charge is 2.26. The highest BCUT2D eigenvalue weighted by atomic mass is 16.2. The van der Waals surface area contributed by atoms with Crippen LogP contribution in [0, 0.1) is 5.92 Å². The average Bonchev–Trinajstić information content (AvgIpc) is 3.16. The fourth-order valence-corrected chi connectivity index (χ4v) is 4.21. The van der Waals surface area contributed by atoms with Crippen molar-refractivity contribution in [1.29, 1.82) is 0 Å². The maximum atomic E-state index is 12.6. The summed E-state index contributed by atoms with van der Waals surface area (Å²) in [6, 6.07) is 18.3. The fraction of sp³-hybridized carbons (Fsp3) is 0.391. The molecule has 146 valence electrons. The number of carbonyl (C=O) groups excluding carboxylic acids is 1. The minimum atomic E-state index is -0.101. The largest absolute Gasteiger partial charge is 0.342 e. The average molecular weight is 377 g/mol. The Balaban J connectivity index is 1.34. The van der Waals surface area contributed by atoms with Gasteiger partial charge in [-0.2, -0.15) is 0 Å². The first-order valence-electron chi connectivity index (χ1n) is 10.3. The van der Waals surface area contributed by atoms with Gasteiger partial charge in [0.05, 0.1) is 17.1 Å². The number of H-pyrrole nitrogens is 1. The number of amides is 2. The van der Waals surface area contributed by atoms with Gasteiger partial charge in [0.1, 0.15) is 5.82 Å². The van der Waals surface area contributed by atoms with E-state index >= 15 is 0 Å². The number of carbonyl (C=O) groups is 1. The monoisotopic (exact) mass is 376 g/mol. The molecule has 3 N–H and O–H groups in total. The van der Waals surface area contributed by atoms with Crippen molar-refractivity contribution in [3.8, 4) is 0 Å². The summed E-state index contributed by atoms with van der Waals surface area (Å²) < 4.78 is 0. The highest BCUT2D eigenvalue weighted by molar-refractivity contribution is 5.75. The van der Waals surface area contributed by atoms with Gasteiger partial charge in [-0.05, 0) is 36.5 Å². The molecule has 1 heterocycles. The summed E-state index contributed by atoms with van der Waals surface area (Å²) in [4.78, 5) is 20.4. The van der Waals surface area contributed by atoms with Crippen molar-refractivity contribution >= 4 is 17.1 Å². The van der Waals surface area contributed by atoms with Gasteiger partial charge in [0.15, 0.2) is 0 Å². The van der Waals surface area contributed by atoms with E-state index < -0.39 is 0 Å². The van der Waals surface area contributed by atoms with E-state index in [0.717, 1.165) is 16.9 Å². The number of nitrogens with one attached hydrogen (secondary N) is 3. The summed E-state index contributed by atoms with van der Waals surface area (Å²) in [5.74, 6) is 1.41. The lowest BCUT2D eigenvalue weighted by Gasteiger charge is -2.31. The lowest BCUT2D eigenvalue weighted by molar-refractivity contribution is 0.222. The van der Waals surface area contributed by atoms with E-state index in [1.807, 2.05) is 42.5 Å². The first-order valence-corrected chi connectivity index (χ1v) is 10.3. The van der Waals surface area contributed by atoms with Gasteiger partial charge in [-0.25, -0.2) is 9.78 Å². The molecule has 1 aliphatic rings. The smallest absolute Gasteiger partial charge is 0.315 e. The number of hydrogen-bond acceptors (Lipinski definition) is 2. The van der Waals surface area contributed by atoms with Crippen molar-refractivity contribution < 1.29 is 4.79 Å². The number of rotatable bonds is 6. The molecule has 4 rings (SSSR count). The van der Waals surface area contributed by atoms with Crippen LogP contribution in [0.3, 0.4) is 0 Å². The van der Waals surface area contributed by atoms with Crippen molar-refractivity contribution in [1.82, 2.24) is 20.6 Å². The summed E-state index contributed by atoms with van der Waals surface area (Å²) in [5, 5.41) is 6.24. The first-order chi connectivity index (χ1) is 13.8. The molecule has 28 heavy (non-hydrogen) atoms. The molecule has 0 aliphatic heterocycles. The number of fused-ring (bicyclic) bond motifs is 1. The maximum absolute atomic E-state index is 12.6. The van der Waals surface area contributed by atoms with Crippen LogP contribution < -0.4 is 10.6 Å². The van der Waals surface area contributed by atoms with Gasteiger partial charge in [0, 0.05) is 13.0 Å². The lowest BCUT2D eigenvalue weighted by atomic mass is 9.81. The molecule has 1 fully saturated rings. The quantitative estimate of drug-likeness (QED) is 0.582. The Labute approximate surface area is 166 Å². The molecule has 2 amide bonds. The first kappa shape index (κ1) is 18.5. The summed E-state index contributed by atoms with van der Waals surface area (Å²) >= 11 is 0. The second-order valence-corrected chi connectivity index (χ2v) is 7.64. The zero-order chi connectivity index (χ0) is 19.2. The normalized spacial score (nSPS) is 16.0. The van der Waals surface area contributed by atoms with E-state index in [1.165, 1.54) is 37.7 Å². The zero-order valence-corrected chi connectivity index (χ0v) is 16.2. The minimum Gasteiger partial charge on any atom is -0.342 e. The van der Waals surface area contributed by atoms with Gasteiger partial charge in [0.2, 0.25) is 0 Å². The van der Waals surface area contributed by atoms with Gasteiger partial charge < -0.3 is 15.6 Å². The van der Waals surface area contributed by atoms with E-state index in [4.69, 9.17) is 0 Å². The highest BCUT2D eigenvalue weighted by Crippen LogP contribution is 2.34. The summed E-state index contributed by atoms with van der Waals surface area (Å²) in [7, 11) is 0. The summed E-state index contributed by atoms with van der Waals surface area (Å²) in [6.07, 6.45) is 6.85. The zero-order valence-electron chi connectivity index (χ0n) is 16.2. The van der Waals surface area contributed by atoms with Crippen molar-refractivity contribution in [2.45, 2.75) is 44.6 Å². The molecule has 0 saturated heterocycles. The van der Waals surface area contributed by atoms with Crippen molar-refractivity contribution in [2.24, 2.45) is 5.92 Å². The molecule has 5 nitrogen and oxygen atoms in total. The number of aromatic nitrogens is 2. The Morgan fingerprint density at radius 2 is 1.79 bits per heavy atom. The third-order valence-electron chi connectivity index (χ3n) is 5.65. The van der Waals surface area contributed by atoms with Crippen LogP contribution in [0.25, 0.3) is 11.0 Å². The second-order valence-electron chi connectivity index (χ2n) is 7.64. The molecule has 2 aromatic carbocycles.